The molecule has 1 N–H and O–H groups in total. The largest absolute Gasteiger partial charge is 0.440 e. The van der Waals surface area contributed by atoms with Gasteiger partial charge in [-0.1, -0.05) is 0 Å². The molecule has 3 rings (SSSR count). The number of benzene rings is 1. The maximum atomic E-state index is 5.76. The molecule has 0 amide bonds. The van der Waals surface area contributed by atoms with E-state index in [1.165, 1.54) is 12.8 Å². The van der Waals surface area contributed by atoms with Crippen molar-refractivity contribution in [1.82, 2.24) is 4.98 Å². The Morgan fingerprint density at radius 1 is 1.38 bits per heavy atom. The van der Waals surface area contributed by atoms with Crippen molar-refractivity contribution in [1.29, 1.82) is 0 Å². The van der Waals surface area contributed by atoms with Crippen molar-refractivity contribution in [2.75, 3.05) is 5.32 Å². The van der Waals surface area contributed by atoms with E-state index in [1.54, 1.807) is 0 Å². The minimum atomic E-state index is 0.434. The highest BCUT2D eigenvalue weighted by Gasteiger charge is 2.28. The van der Waals surface area contributed by atoms with Gasteiger partial charge in [0.05, 0.1) is 0 Å². The number of rotatable bonds is 3. The average molecular weight is 216 g/mol. The van der Waals surface area contributed by atoms with E-state index < -0.39 is 0 Å². The molecule has 16 heavy (non-hydrogen) atoms. The molecule has 0 spiro atoms. The van der Waals surface area contributed by atoms with Gasteiger partial charge in [0, 0.05) is 23.7 Å². The molecule has 1 aromatic carbocycles. The number of nitrogens with zero attached hydrogens (tertiary/aromatic N) is 1. The van der Waals surface area contributed by atoms with Gasteiger partial charge in [0.15, 0.2) is 11.5 Å². The summed E-state index contributed by atoms with van der Waals surface area (Å²) in [6.07, 6.45) is 2.45. The predicted octanol–water partition coefficient (Wildman–Crippen LogP) is 3.53. The van der Waals surface area contributed by atoms with Crippen molar-refractivity contribution < 1.29 is 4.42 Å². The molecule has 3 nitrogen and oxygen atoms in total. The topological polar surface area (TPSA) is 38.1 Å². The third-order valence-electron chi connectivity index (χ3n) is 2.79. The second-order valence-corrected chi connectivity index (χ2v) is 4.81. The molecule has 1 heterocycles. The van der Waals surface area contributed by atoms with Crippen LogP contribution >= 0.6 is 0 Å². The molecule has 3 heteroatoms. The summed E-state index contributed by atoms with van der Waals surface area (Å²) in [5.41, 5.74) is 2.96. The van der Waals surface area contributed by atoms with Crippen molar-refractivity contribution in [3.05, 3.63) is 24.1 Å². The Morgan fingerprint density at radius 2 is 2.19 bits per heavy atom. The first kappa shape index (κ1) is 9.70. The van der Waals surface area contributed by atoms with Gasteiger partial charge in [0.2, 0.25) is 0 Å². The van der Waals surface area contributed by atoms with E-state index in [-0.39, 0.29) is 0 Å². The van der Waals surface area contributed by atoms with Crippen LogP contribution in [0.2, 0.25) is 0 Å². The smallest absolute Gasteiger partial charge is 0.198 e. The zero-order valence-corrected chi connectivity index (χ0v) is 9.66. The SMILES string of the molecule is CC(C)Nc1ccc2nc(C3CC3)oc2c1. The number of hydrogen-bond acceptors (Lipinski definition) is 3. The highest BCUT2D eigenvalue weighted by molar-refractivity contribution is 5.77. The van der Waals surface area contributed by atoms with Crippen molar-refractivity contribution in [2.24, 2.45) is 0 Å². The summed E-state index contributed by atoms with van der Waals surface area (Å²) in [5, 5.41) is 3.36. The van der Waals surface area contributed by atoms with Gasteiger partial charge in [-0.05, 0) is 38.8 Å². The molecule has 2 aromatic rings. The van der Waals surface area contributed by atoms with Gasteiger partial charge in [0.25, 0.3) is 0 Å². The molecule has 1 aromatic heterocycles. The van der Waals surface area contributed by atoms with Gasteiger partial charge in [0.1, 0.15) is 5.52 Å². The minimum absolute atomic E-state index is 0.434. The molecular weight excluding hydrogens is 200 g/mol. The Hall–Kier alpha value is -1.51. The van der Waals surface area contributed by atoms with E-state index in [0.717, 1.165) is 22.7 Å². The summed E-state index contributed by atoms with van der Waals surface area (Å²) >= 11 is 0. The van der Waals surface area contributed by atoms with Crippen LogP contribution in [0.1, 0.15) is 38.5 Å². The molecule has 0 atom stereocenters. The van der Waals surface area contributed by atoms with Crippen LogP contribution in [0.15, 0.2) is 22.6 Å². The Bertz CT molecular complexity index is 512. The number of anilines is 1. The summed E-state index contributed by atoms with van der Waals surface area (Å²) < 4.78 is 5.76. The quantitative estimate of drug-likeness (QED) is 0.853. The van der Waals surface area contributed by atoms with Crippen LogP contribution in [-0.2, 0) is 0 Å². The first-order valence-corrected chi connectivity index (χ1v) is 5.89. The lowest BCUT2D eigenvalue weighted by atomic mass is 10.2. The molecular formula is C13H16N2O. The Morgan fingerprint density at radius 3 is 2.88 bits per heavy atom. The summed E-state index contributed by atoms with van der Waals surface area (Å²) in [7, 11) is 0. The fraction of sp³-hybridized carbons (Fsp3) is 0.462. The number of aromatic nitrogens is 1. The van der Waals surface area contributed by atoms with Crippen LogP contribution < -0.4 is 5.32 Å². The van der Waals surface area contributed by atoms with E-state index in [4.69, 9.17) is 4.42 Å². The maximum Gasteiger partial charge on any atom is 0.198 e. The third kappa shape index (κ3) is 1.77. The molecule has 0 saturated heterocycles. The lowest BCUT2D eigenvalue weighted by Crippen LogP contribution is -2.09. The van der Waals surface area contributed by atoms with Crippen LogP contribution in [-0.4, -0.2) is 11.0 Å². The van der Waals surface area contributed by atoms with Crippen molar-refractivity contribution in [3.63, 3.8) is 0 Å². The van der Waals surface area contributed by atoms with E-state index in [2.05, 4.69) is 30.2 Å². The molecule has 0 aliphatic heterocycles. The molecule has 0 bridgehead atoms. The van der Waals surface area contributed by atoms with E-state index in [1.807, 2.05) is 12.1 Å². The summed E-state index contributed by atoms with van der Waals surface area (Å²) in [6.45, 7) is 4.25. The fourth-order valence-electron chi connectivity index (χ4n) is 1.87. The van der Waals surface area contributed by atoms with Gasteiger partial charge in [-0.25, -0.2) is 4.98 Å². The lowest BCUT2D eigenvalue weighted by Gasteiger charge is -2.08. The van der Waals surface area contributed by atoms with E-state index in [0.29, 0.717) is 12.0 Å². The van der Waals surface area contributed by atoms with Crippen molar-refractivity contribution >= 4 is 16.8 Å². The molecule has 84 valence electrons. The van der Waals surface area contributed by atoms with Crippen molar-refractivity contribution in [2.45, 2.75) is 38.6 Å². The Balaban J connectivity index is 1.96. The van der Waals surface area contributed by atoms with E-state index in [9.17, 15) is 0 Å². The number of oxazole rings is 1. The first-order valence-electron chi connectivity index (χ1n) is 5.89. The minimum Gasteiger partial charge on any atom is -0.440 e. The summed E-state index contributed by atoms with van der Waals surface area (Å²) in [6, 6.07) is 6.55. The van der Waals surface area contributed by atoms with Gasteiger partial charge in [-0.15, -0.1) is 0 Å². The maximum absolute atomic E-state index is 5.76. The standard InChI is InChI=1S/C13H16N2O/c1-8(2)14-10-5-6-11-12(7-10)16-13(15-11)9-3-4-9/h5-9,14H,3-4H2,1-2H3. The summed E-state index contributed by atoms with van der Waals surface area (Å²) in [4.78, 5) is 4.50. The molecule has 1 aliphatic rings. The predicted molar refractivity (Wildman–Crippen MR) is 64.7 cm³/mol. The molecule has 0 unspecified atom stereocenters. The molecule has 1 saturated carbocycles. The lowest BCUT2D eigenvalue weighted by molar-refractivity contribution is 0.533. The number of hydrogen-bond donors (Lipinski definition) is 1. The summed E-state index contributed by atoms with van der Waals surface area (Å²) in [5.74, 6) is 1.49. The van der Waals surface area contributed by atoms with Crippen LogP contribution in [0.25, 0.3) is 11.1 Å². The normalized spacial score (nSPS) is 15.9. The van der Waals surface area contributed by atoms with Gasteiger partial charge < -0.3 is 9.73 Å². The number of nitrogens with one attached hydrogen (secondary N) is 1. The monoisotopic (exact) mass is 216 g/mol. The Kier molecular flexibility index (Phi) is 2.13. The fourth-order valence-corrected chi connectivity index (χ4v) is 1.87. The molecule has 1 fully saturated rings. The second-order valence-electron chi connectivity index (χ2n) is 4.81. The van der Waals surface area contributed by atoms with Crippen LogP contribution in [0.4, 0.5) is 5.69 Å². The number of fused-ring (bicyclic) bond motifs is 1. The van der Waals surface area contributed by atoms with Crippen LogP contribution in [0.3, 0.4) is 0 Å². The van der Waals surface area contributed by atoms with Crippen molar-refractivity contribution in [3.8, 4) is 0 Å². The molecule has 0 radical (unpaired) electrons. The first-order chi connectivity index (χ1) is 7.72. The zero-order valence-electron chi connectivity index (χ0n) is 9.66. The van der Waals surface area contributed by atoms with Crippen LogP contribution in [0, 0.1) is 0 Å². The van der Waals surface area contributed by atoms with Gasteiger partial charge >= 0.3 is 0 Å². The second kappa shape index (κ2) is 3.51. The third-order valence-corrected chi connectivity index (χ3v) is 2.79. The zero-order chi connectivity index (χ0) is 11.1. The Labute approximate surface area is 94.9 Å². The van der Waals surface area contributed by atoms with E-state index >= 15 is 0 Å². The van der Waals surface area contributed by atoms with Gasteiger partial charge in [-0.2, -0.15) is 0 Å². The van der Waals surface area contributed by atoms with Crippen LogP contribution in [0.5, 0.6) is 0 Å². The highest BCUT2D eigenvalue weighted by atomic mass is 16.3. The van der Waals surface area contributed by atoms with Gasteiger partial charge in [-0.3, -0.25) is 0 Å². The molecule has 1 aliphatic carbocycles. The average Bonchev–Trinajstić information content (AvgIpc) is 2.98. The highest BCUT2D eigenvalue weighted by Crippen LogP contribution is 2.40.